The maximum atomic E-state index is 12.8. The molecule has 0 aromatic carbocycles. The molecular formula is C16H19NO2S. The minimum Gasteiger partial charge on any atom is -0.384 e. The Morgan fingerprint density at radius 2 is 2.25 bits per heavy atom. The number of likely N-dealkylation sites (tertiary alicyclic amines) is 1. The fourth-order valence-electron chi connectivity index (χ4n) is 3.50. The lowest BCUT2D eigenvalue weighted by atomic mass is 9.85. The summed E-state index contributed by atoms with van der Waals surface area (Å²) in [5.41, 5.74) is 0.758. The van der Waals surface area contributed by atoms with Gasteiger partial charge in [-0.2, -0.15) is 0 Å². The molecular weight excluding hydrogens is 270 g/mol. The predicted molar refractivity (Wildman–Crippen MR) is 79.7 cm³/mol. The average molecular weight is 289 g/mol. The van der Waals surface area contributed by atoms with Crippen molar-refractivity contribution in [3.8, 4) is 11.8 Å². The van der Waals surface area contributed by atoms with Crippen LogP contribution in [0.5, 0.6) is 0 Å². The highest BCUT2D eigenvalue weighted by molar-refractivity contribution is 7.12. The molecule has 0 spiro atoms. The molecule has 1 saturated heterocycles. The highest BCUT2D eigenvalue weighted by atomic mass is 32.1. The monoisotopic (exact) mass is 289 g/mol. The summed E-state index contributed by atoms with van der Waals surface area (Å²) in [5.74, 6) is 6.36. The number of fused-ring (bicyclic) bond motifs is 1. The van der Waals surface area contributed by atoms with Crippen molar-refractivity contribution in [3.63, 3.8) is 0 Å². The first-order valence-corrected chi connectivity index (χ1v) is 8.17. The van der Waals surface area contributed by atoms with Gasteiger partial charge in [0.1, 0.15) is 11.5 Å². The van der Waals surface area contributed by atoms with E-state index in [9.17, 15) is 4.79 Å². The van der Waals surface area contributed by atoms with E-state index in [0.29, 0.717) is 12.0 Å². The second-order valence-electron chi connectivity index (χ2n) is 5.52. The Morgan fingerprint density at radius 1 is 1.40 bits per heavy atom. The number of carbonyl (C=O) groups excluding carboxylic acids is 1. The van der Waals surface area contributed by atoms with Crippen molar-refractivity contribution in [1.82, 2.24) is 4.90 Å². The van der Waals surface area contributed by atoms with Gasteiger partial charge in [-0.25, -0.2) is 0 Å². The fourth-order valence-corrected chi connectivity index (χ4v) is 4.30. The lowest BCUT2D eigenvalue weighted by molar-refractivity contribution is 0.0695. The van der Waals surface area contributed by atoms with Crippen molar-refractivity contribution in [2.24, 2.45) is 5.92 Å². The highest BCUT2D eigenvalue weighted by Crippen LogP contribution is 2.37. The maximum absolute atomic E-state index is 12.8. The van der Waals surface area contributed by atoms with Crippen LogP contribution in [-0.2, 0) is 0 Å². The lowest BCUT2D eigenvalue weighted by Gasteiger charge is -2.31. The van der Waals surface area contributed by atoms with Gasteiger partial charge in [-0.1, -0.05) is 24.7 Å². The molecule has 1 N–H and O–H groups in total. The van der Waals surface area contributed by atoms with Crippen LogP contribution in [0.25, 0.3) is 0 Å². The van der Waals surface area contributed by atoms with Gasteiger partial charge >= 0.3 is 0 Å². The Hall–Kier alpha value is -1.31. The van der Waals surface area contributed by atoms with Crippen LogP contribution in [0.15, 0.2) is 11.4 Å². The van der Waals surface area contributed by atoms with Crippen LogP contribution in [0.4, 0.5) is 0 Å². The first-order valence-electron chi connectivity index (χ1n) is 7.29. The molecule has 1 aliphatic carbocycles. The molecule has 1 saturated carbocycles. The number of aliphatic hydroxyl groups is 1. The summed E-state index contributed by atoms with van der Waals surface area (Å²) in [7, 11) is 0. The molecule has 1 amide bonds. The number of nitrogens with zero attached hydrogens (tertiary/aromatic N) is 1. The summed E-state index contributed by atoms with van der Waals surface area (Å²) in [6, 6.07) is 2.31. The van der Waals surface area contributed by atoms with E-state index in [1.165, 1.54) is 30.6 Å². The van der Waals surface area contributed by atoms with E-state index in [2.05, 4.69) is 16.7 Å². The van der Waals surface area contributed by atoms with E-state index < -0.39 is 0 Å². The summed E-state index contributed by atoms with van der Waals surface area (Å²) >= 11 is 1.46. The van der Waals surface area contributed by atoms with E-state index in [0.717, 1.165) is 29.8 Å². The summed E-state index contributed by atoms with van der Waals surface area (Å²) in [6.45, 7) is 0.719. The van der Waals surface area contributed by atoms with Gasteiger partial charge in [-0.15, -0.1) is 11.3 Å². The molecule has 4 heteroatoms. The predicted octanol–water partition coefficient (Wildman–Crippen LogP) is 2.50. The number of hydrogen-bond acceptors (Lipinski definition) is 3. The minimum absolute atomic E-state index is 0.136. The normalized spacial score (nSPS) is 24.9. The second kappa shape index (κ2) is 5.99. The molecule has 1 aromatic heterocycles. The first kappa shape index (κ1) is 13.7. The van der Waals surface area contributed by atoms with Crippen LogP contribution in [0, 0.1) is 17.8 Å². The Bertz CT molecular complexity index is 554. The number of amides is 1. The minimum atomic E-state index is -0.169. The second-order valence-corrected chi connectivity index (χ2v) is 6.44. The molecule has 0 radical (unpaired) electrons. The zero-order valence-corrected chi connectivity index (χ0v) is 12.3. The topological polar surface area (TPSA) is 40.5 Å². The number of aliphatic hydroxyl groups excluding tert-OH is 1. The Labute approximate surface area is 123 Å². The van der Waals surface area contributed by atoms with Crippen LogP contribution in [0.2, 0.25) is 0 Å². The zero-order chi connectivity index (χ0) is 13.9. The number of rotatable bonds is 1. The Morgan fingerprint density at radius 3 is 3.10 bits per heavy atom. The molecule has 2 heterocycles. The van der Waals surface area contributed by atoms with Crippen LogP contribution >= 0.6 is 11.3 Å². The van der Waals surface area contributed by atoms with E-state index in [1.807, 2.05) is 11.4 Å². The molecule has 2 unspecified atom stereocenters. The SMILES string of the molecule is O=C(c1sccc1C#CCO)N1CCC2CCCCC21. The molecule has 1 aliphatic heterocycles. The molecule has 106 valence electrons. The van der Waals surface area contributed by atoms with Gasteiger partial charge in [0.2, 0.25) is 0 Å². The van der Waals surface area contributed by atoms with Crippen LogP contribution in [0.1, 0.15) is 47.3 Å². The molecule has 20 heavy (non-hydrogen) atoms. The van der Waals surface area contributed by atoms with Gasteiger partial charge in [0, 0.05) is 18.2 Å². The average Bonchev–Trinajstić information content (AvgIpc) is 3.11. The Kier molecular flexibility index (Phi) is 4.09. The summed E-state index contributed by atoms with van der Waals surface area (Å²) in [6.07, 6.45) is 6.14. The van der Waals surface area contributed by atoms with E-state index in [-0.39, 0.29) is 12.5 Å². The van der Waals surface area contributed by atoms with Gasteiger partial charge in [-0.05, 0) is 36.6 Å². The summed E-state index contributed by atoms with van der Waals surface area (Å²) < 4.78 is 0. The third-order valence-electron chi connectivity index (χ3n) is 4.43. The molecule has 2 aliphatic rings. The van der Waals surface area contributed by atoms with Gasteiger partial charge in [0.15, 0.2) is 0 Å². The molecule has 0 bridgehead atoms. The van der Waals surface area contributed by atoms with Gasteiger partial charge in [0.05, 0.1) is 0 Å². The van der Waals surface area contributed by atoms with Crippen molar-refractivity contribution < 1.29 is 9.90 Å². The van der Waals surface area contributed by atoms with Crippen molar-refractivity contribution in [2.75, 3.05) is 13.2 Å². The van der Waals surface area contributed by atoms with Gasteiger partial charge in [-0.3, -0.25) is 4.79 Å². The van der Waals surface area contributed by atoms with Crippen LogP contribution in [-0.4, -0.2) is 35.1 Å². The van der Waals surface area contributed by atoms with E-state index in [1.54, 1.807) is 0 Å². The van der Waals surface area contributed by atoms with Crippen LogP contribution < -0.4 is 0 Å². The molecule has 3 rings (SSSR count). The highest BCUT2D eigenvalue weighted by Gasteiger charge is 2.39. The van der Waals surface area contributed by atoms with E-state index in [4.69, 9.17) is 5.11 Å². The number of thiophene rings is 1. The van der Waals surface area contributed by atoms with Crippen molar-refractivity contribution in [1.29, 1.82) is 0 Å². The van der Waals surface area contributed by atoms with Crippen molar-refractivity contribution in [3.05, 3.63) is 21.9 Å². The van der Waals surface area contributed by atoms with Gasteiger partial charge < -0.3 is 10.0 Å². The standard InChI is InChI=1S/C16H19NO2S/c18-10-3-5-13-8-11-20-15(13)16(19)17-9-7-12-4-1-2-6-14(12)17/h8,11-12,14,18H,1-2,4,6-7,9-10H2. The maximum Gasteiger partial charge on any atom is 0.265 e. The van der Waals surface area contributed by atoms with Crippen molar-refractivity contribution >= 4 is 17.2 Å². The fraction of sp³-hybridized carbons (Fsp3) is 0.562. The number of carbonyl (C=O) groups is 1. The summed E-state index contributed by atoms with van der Waals surface area (Å²) in [5, 5.41) is 10.7. The smallest absolute Gasteiger partial charge is 0.265 e. The Balaban J connectivity index is 1.81. The molecule has 2 atom stereocenters. The zero-order valence-electron chi connectivity index (χ0n) is 11.5. The molecule has 3 nitrogen and oxygen atoms in total. The van der Waals surface area contributed by atoms with Gasteiger partial charge in [0.25, 0.3) is 5.91 Å². The van der Waals surface area contributed by atoms with Crippen molar-refractivity contribution in [2.45, 2.75) is 38.1 Å². The third-order valence-corrected chi connectivity index (χ3v) is 5.33. The summed E-state index contributed by atoms with van der Waals surface area (Å²) in [4.78, 5) is 15.6. The quantitative estimate of drug-likeness (QED) is 0.807. The van der Waals surface area contributed by atoms with E-state index >= 15 is 0 Å². The molecule has 1 aromatic rings. The first-order chi connectivity index (χ1) is 9.81. The number of hydrogen-bond donors (Lipinski definition) is 1. The third kappa shape index (κ3) is 2.48. The van der Waals surface area contributed by atoms with Crippen LogP contribution in [0.3, 0.4) is 0 Å². The molecule has 2 fully saturated rings. The largest absolute Gasteiger partial charge is 0.384 e. The lowest BCUT2D eigenvalue weighted by Crippen LogP contribution is -2.39.